The first kappa shape index (κ1) is 16.9. The maximum absolute atomic E-state index is 11.9. The smallest absolute Gasteiger partial charge is 0.321 e. The van der Waals surface area contributed by atoms with Crippen LogP contribution in [-0.2, 0) is 4.79 Å². The molecule has 0 spiro atoms. The van der Waals surface area contributed by atoms with Gasteiger partial charge in [0.15, 0.2) is 0 Å². The number of nitrogens with one attached hydrogen (secondary N) is 3. The molecule has 6 heteroatoms. The third-order valence-corrected chi connectivity index (χ3v) is 3.88. The average molecular weight is 285 g/mol. The summed E-state index contributed by atoms with van der Waals surface area (Å²) in [6, 6.07) is -1.00. The first-order valence-electron chi connectivity index (χ1n) is 7.39. The van der Waals surface area contributed by atoms with Gasteiger partial charge in [-0.1, -0.05) is 19.8 Å². The lowest BCUT2D eigenvalue weighted by molar-refractivity contribution is -0.122. The van der Waals surface area contributed by atoms with Gasteiger partial charge in [-0.15, -0.1) is 0 Å². The molecule has 1 saturated carbocycles. The number of carbonyl (C=O) groups is 2. The van der Waals surface area contributed by atoms with Crippen LogP contribution in [0.4, 0.5) is 4.79 Å². The molecular formula is C14H27N3O3. The summed E-state index contributed by atoms with van der Waals surface area (Å²) in [6.07, 6.45) is 3.90. The molecule has 0 aromatic rings. The summed E-state index contributed by atoms with van der Waals surface area (Å²) in [7, 11) is 0. The van der Waals surface area contributed by atoms with E-state index in [-0.39, 0.29) is 12.5 Å². The number of rotatable bonds is 5. The molecule has 3 unspecified atom stereocenters. The lowest BCUT2D eigenvalue weighted by Crippen LogP contribution is -2.59. The topological polar surface area (TPSA) is 90.5 Å². The molecule has 1 rings (SSSR count). The van der Waals surface area contributed by atoms with Gasteiger partial charge in [0.1, 0.15) is 0 Å². The molecule has 0 aromatic heterocycles. The Balaban J connectivity index is 2.56. The molecule has 0 saturated heterocycles. The van der Waals surface area contributed by atoms with Crippen LogP contribution >= 0.6 is 0 Å². The van der Waals surface area contributed by atoms with Gasteiger partial charge in [-0.25, -0.2) is 4.79 Å². The number of amides is 3. The van der Waals surface area contributed by atoms with Crippen molar-refractivity contribution in [2.45, 2.75) is 58.0 Å². The van der Waals surface area contributed by atoms with E-state index in [1.165, 1.54) is 0 Å². The number of hydrogen-bond acceptors (Lipinski definition) is 4. The lowest BCUT2D eigenvalue weighted by Gasteiger charge is -2.41. The zero-order valence-corrected chi connectivity index (χ0v) is 12.7. The van der Waals surface area contributed by atoms with Crippen molar-refractivity contribution < 1.29 is 14.7 Å². The van der Waals surface area contributed by atoms with Crippen LogP contribution in [0.3, 0.4) is 0 Å². The lowest BCUT2D eigenvalue weighted by atomic mass is 9.76. The van der Waals surface area contributed by atoms with E-state index in [4.69, 9.17) is 0 Å². The van der Waals surface area contributed by atoms with Crippen LogP contribution in [0.2, 0.25) is 0 Å². The fourth-order valence-corrected chi connectivity index (χ4v) is 2.93. The van der Waals surface area contributed by atoms with Crippen LogP contribution in [-0.4, -0.2) is 41.8 Å². The normalized spacial score (nSPS) is 27.7. The predicted molar refractivity (Wildman–Crippen MR) is 77.3 cm³/mol. The summed E-state index contributed by atoms with van der Waals surface area (Å²) >= 11 is 0. The minimum Gasteiger partial charge on any atom is -0.394 e. The standard InChI is InChI=1S/C14H27N3O3/c1-4-15-13(20)16-12(19)11(3)17-14(9-18)7-5-6-10(2)8-14/h10-11,17-18H,4-9H2,1-3H3,(H2,15,16,19,20). The van der Waals surface area contributed by atoms with Crippen molar-refractivity contribution >= 4 is 11.9 Å². The minimum atomic E-state index is -0.518. The Kier molecular flexibility index (Phi) is 6.42. The van der Waals surface area contributed by atoms with Crippen LogP contribution in [0.1, 0.15) is 46.5 Å². The molecule has 0 radical (unpaired) electrons. The molecule has 0 aliphatic heterocycles. The number of carbonyl (C=O) groups excluding carboxylic acids is 2. The first-order valence-corrected chi connectivity index (χ1v) is 7.39. The van der Waals surface area contributed by atoms with E-state index in [0.29, 0.717) is 12.5 Å². The zero-order chi connectivity index (χ0) is 15.2. The van der Waals surface area contributed by atoms with Crippen molar-refractivity contribution in [3.8, 4) is 0 Å². The Hall–Kier alpha value is -1.14. The Morgan fingerprint density at radius 1 is 1.45 bits per heavy atom. The van der Waals surface area contributed by atoms with Gasteiger partial charge in [-0.2, -0.15) is 0 Å². The molecule has 3 atom stereocenters. The van der Waals surface area contributed by atoms with Crippen LogP contribution in [0.25, 0.3) is 0 Å². The maximum atomic E-state index is 11.9. The van der Waals surface area contributed by atoms with Gasteiger partial charge >= 0.3 is 6.03 Å². The van der Waals surface area contributed by atoms with Crippen molar-refractivity contribution in [1.82, 2.24) is 16.0 Å². The van der Waals surface area contributed by atoms with E-state index >= 15 is 0 Å². The number of hydrogen-bond donors (Lipinski definition) is 4. The fraction of sp³-hybridized carbons (Fsp3) is 0.857. The number of aliphatic hydroxyl groups excluding tert-OH is 1. The quantitative estimate of drug-likeness (QED) is 0.600. The highest BCUT2D eigenvalue weighted by atomic mass is 16.3. The maximum Gasteiger partial charge on any atom is 0.321 e. The molecule has 4 N–H and O–H groups in total. The number of urea groups is 1. The van der Waals surface area contributed by atoms with Crippen molar-refractivity contribution in [3.63, 3.8) is 0 Å². The van der Waals surface area contributed by atoms with E-state index in [1.54, 1.807) is 13.8 Å². The van der Waals surface area contributed by atoms with Crippen LogP contribution < -0.4 is 16.0 Å². The molecular weight excluding hydrogens is 258 g/mol. The van der Waals surface area contributed by atoms with Crippen LogP contribution in [0, 0.1) is 5.92 Å². The fourth-order valence-electron chi connectivity index (χ4n) is 2.93. The summed E-state index contributed by atoms with van der Waals surface area (Å²) in [6.45, 7) is 6.14. The highest BCUT2D eigenvalue weighted by Crippen LogP contribution is 2.32. The molecule has 116 valence electrons. The largest absolute Gasteiger partial charge is 0.394 e. The highest BCUT2D eigenvalue weighted by Gasteiger charge is 2.36. The van der Waals surface area contributed by atoms with E-state index in [0.717, 1.165) is 25.7 Å². The second-order valence-electron chi connectivity index (χ2n) is 5.85. The number of imide groups is 1. The van der Waals surface area contributed by atoms with Gasteiger partial charge in [0, 0.05) is 12.1 Å². The molecule has 20 heavy (non-hydrogen) atoms. The Labute approximate surface area is 120 Å². The van der Waals surface area contributed by atoms with Crippen molar-refractivity contribution in [3.05, 3.63) is 0 Å². The van der Waals surface area contributed by atoms with Crippen LogP contribution in [0.15, 0.2) is 0 Å². The SMILES string of the molecule is CCNC(=O)NC(=O)C(C)NC1(CO)CCCC(C)C1. The molecule has 3 amide bonds. The number of aliphatic hydroxyl groups is 1. The Bertz CT molecular complexity index is 349. The zero-order valence-electron chi connectivity index (χ0n) is 12.7. The highest BCUT2D eigenvalue weighted by molar-refractivity contribution is 5.96. The van der Waals surface area contributed by atoms with Gasteiger partial charge in [0.05, 0.1) is 12.6 Å². The second kappa shape index (κ2) is 7.59. The molecule has 1 aliphatic rings. The summed E-state index contributed by atoms with van der Waals surface area (Å²) in [5.74, 6) is 0.157. The molecule has 0 bridgehead atoms. The van der Waals surface area contributed by atoms with Crippen molar-refractivity contribution in [2.24, 2.45) is 5.92 Å². The van der Waals surface area contributed by atoms with Crippen molar-refractivity contribution in [1.29, 1.82) is 0 Å². The molecule has 1 fully saturated rings. The molecule has 0 aromatic carbocycles. The van der Waals surface area contributed by atoms with Gasteiger partial charge in [0.2, 0.25) is 5.91 Å². The second-order valence-corrected chi connectivity index (χ2v) is 5.85. The third kappa shape index (κ3) is 4.76. The molecule has 6 nitrogen and oxygen atoms in total. The van der Waals surface area contributed by atoms with Gasteiger partial charge in [0.25, 0.3) is 0 Å². The van der Waals surface area contributed by atoms with E-state index in [1.807, 2.05) is 0 Å². The van der Waals surface area contributed by atoms with E-state index in [9.17, 15) is 14.7 Å². The molecule has 1 aliphatic carbocycles. The summed E-state index contributed by atoms with van der Waals surface area (Å²) in [4.78, 5) is 23.3. The summed E-state index contributed by atoms with van der Waals surface area (Å²) in [5, 5.41) is 17.7. The Morgan fingerprint density at radius 2 is 2.15 bits per heavy atom. The third-order valence-electron chi connectivity index (χ3n) is 3.88. The minimum absolute atomic E-state index is 0.0100. The average Bonchev–Trinajstić information content (AvgIpc) is 2.38. The van der Waals surface area contributed by atoms with Crippen LogP contribution in [0.5, 0.6) is 0 Å². The van der Waals surface area contributed by atoms with E-state index in [2.05, 4.69) is 22.9 Å². The summed E-state index contributed by atoms with van der Waals surface area (Å²) < 4.78 is 0. The van der Waals surface area contributed by atoms with Crippen molar-refractivity contribution in [2.75, 3.05) is 13.2 Å². The van der Waals surface area contributed by atoms with Gasteiger partial charge < -0.3 is 10.4 Å². The van der Waals surface area contributed by atoms with Gasteiger partial charge in [-0.3, -0.25) is 15.4 Å². The first-order chi connectivity index (χ1) is 9.42. The summed E-state index contributed by atoms with van der Waals surface area (Å²) in [5.41, 5.74) is -0.407. The predicted octanol–water partition coefficient (Wildman–Crippen LogP) is 0.751. The molecule has 0 heterocycles. The monoisotopic (exact) mass is 285 g/mol. The van der Waals surface area contributed by atoms with Gasteiger partial charge in [-0.05, 0) is 32.6 Å². The Morgan fingerprint density at radius 3 is 2.70 bits per heavy atom. The van der Waals surface area contributed by atoms with E-state index < -0.39 is 17.6 Å².